The molecule has 3 aliphatic rings. The number of aromatic nitrogens is 4. The van der Waals surface area contributed by atoms with Crippen molar-refractivity contribution in [2.45, 2.75) is 57.0 Å². The number of benzene rings is 2. The largest absolute Gasteiger partial charge is 0.497 e. The molecule has 6 heterocycles. The van der Waals surface area contributed by atoms with Gasteiger partial charge >= 0.3 is 6.01 Å². The number of hydrogen-bond donors (Lipinski definition) is 0. The predicted molar refractivity (Wildman–Crippen MR) is 202 cm³/mol. The Morgan fingerprint density at radius 2 is 1.67 bits per heavy atom. The molecule has 3 aromatic heterocycles. The summed E-state index contributed by atoms with van der Waals surface area (Å²) < 4.78 is 68.9. The maximum Gasteiger partial charge on any atom is 0.319 e. The molecule has 2 aromatic carbocycles. The van der Waals surface area contributed by atoms with Crippen LogP contribution in [0, 0.1) is 11.6 Å². The number of rotatable bonds is 12. The third-order valence-electron chi connectivity index (χ3n) is 10.9. The van der Waals surface area contributed by atoms with Crippen molar-refractivity contribution in [1.82, 2.24) is 24.8 Å². The Labute approximate surface area is 322 Å². The van der Waals surface area contributed by atoms with Crippen LogP contribution >= 0.6 is 11.6 Å². The number of methoxy groups -OCH3 is 2. The molecule has 0 N–H and O–H groups in total. The summed E-state index contributed by atoms with van der Waals surface area (Å²) in [7, 11) is 3.23. The Balaban J connectivity index is 1.20. The van der Waals surface area contributed by atoms with Crippen molar-refractivity contribution >= 4 is 34.1 Å². The van der Waals surface area contributed by atoms with E-state index >= 15 is 8.78 Å². The zero-order chi connectivity index (χ0) is 38.3. The van der Waals surface area contributed by atoms with E-state index < -0.39 is 34.5 Å². The van der Waals surface area contributed by atoms with E-state index in [1.165, 1.54) is 12.3 Å². The first-order valence-electron chi connectivity index (χ1n) is 18.3. The monoisotopic (exact) mass is 775 g/mol. The maximum atomic E-state index is 15.9. The molecule has 3 aliphatic heterocycles. The first-order valence-corrected chi connectivity index (χ1v) is 18.7. The standard InChI is InChI=1S/C40H41ClF3N7O4/c1-24(31-17-27(42)19-45-36(31)49(20-25-5-9-29(52-2)10-6-25)21-26-7-11-30(53-3)12-8-26)51-15-16-54-38-32-34(33(44)35(41)47-38)46-39(48-37(32)51)55-23-40-13-4-14-50(40)22-28(43)18-40/h5-12,17,19,24,28H,4,13-16,18,20-23H2,1-3H3/t24?,28-,40+/m1/s1. The number of pyridine rings is 2. The summed E-state index contributed by atoms with van der Waals surface area (Å²) in [5, 5.41) is -0.191. The minimum Gasteiger partial charge on any atom is -0.497 e. The summed E-state index contributed by atoms with van der Waals surface area (Å²) in [5.41, 5.74) is 1.91. The van der Waals surface area contributed by atoms with Crippen LogP contribution in [0.1, 0.15) is 48.9 Å². The van der Waals surface area contributed by atoms with Gasteiger partial charge < -0.3 is 28.7 Å². The molecule has 0 aliphatic carbocycles. The highest BCUT2D eigenvalue weighted by molar-refractivity contribution is 6.30. The molecule has 0 amide bonds. The second kappa shape index (κ2) is 15.2. The lowest BCUT2D eigenvalue weighted by atomic mass is 9.95. The molecule has 15 heteroatoms. The topological polar surface area (TPSA) is 98.2 Å². The molecule has 3 atom stereocenters. The number of ether oxygens (including phenoxy) is 4. The van der Waals surface area contributed by atoms with E-state index in [1.807, 2.05) is 60.4 Å². The number of hydrogen-bond acceptors (Lipinski definition) is 11. The minimum atomic E-state index is -0.951. The summed E-state index contributed by atoms with van der Waals surface area (Å²) >= 11 is 6.26. The molecule has 0 saturated carbocycles. The fourth-order valence-corrected chi connectivity index (χ4v) is 8.29. The normalized spacial score (nSPS) is 19.8. The summed E-state index contributed by atoms with van der Waals surface area (Å²) in [6, 6.07) is 16.3. The molecule has 0 radical (unpaired) electrons. The van der Waals surface area contributed by atoms with Crippen molar-refractivity contribution < 1.29 is 32.1 Å². The summed E-state index contributed by atoms with van der Waals surface area (Å²) in [5.74, 6) is 0.977. The average molecular weight is 776 g/mol. The third kappa shape index (κ3) is 7.25. The number of anilines is 2. The van der Waals surface area contributed by atoms with Crippen molar-refractivity contribution in [3.8, 4) is 23.4 Å². The van der Waals surface area contributed by atoms with Crippen molar-refractivity contribution in [3.63, 3.8) is 0 Å². The summed E-state index contributed by atoms with van der Waals surface area (Å²) in [6.45, 7) is 4.45. The molecule has 11 nitrogen and oxygen atoms in total. The molecule has 5 aromatic rings. The third-order valence-corrected chi connectivity index (χ3v) is 11.1. The molecule has 0 spiro atoms. The maximum absolute atomic E-state index is 15.9. The van der Waals surface area contributed by atoms with Crippen LogP contribution in [0.4, 0.5) is 24.8 Å². The van der Waals surface area contributed by atoms with E-state index in [1.54, 1.807) is 14.2 Å². The van der Waals surface area contributed by atoms with Crippen LogP contribution in [0.5, 0.6) is 23.4 Å². The highest BCUT2D eigenvalue weighted by Gasteiger charge is 2.49. The van der Waals surface area contributed by atoms with Gasteiger partial charge in [-0.2, -0.15) is 15.0 Å². The van der Waals surface area contributed by atoms with Crippen molar-refractivity contribution in [1.29, 1.82) is 0 Å². The highest BCUT2D eigenvalue weighted by Crippen LogP contribution is 2.44. The molecular formula is C40H41ClF3N7O4. The number of nitrogens with zero attached hydrogens (tertiary/aromatic N) is 7. The van der Waals surface area contributed by atoms with Crippen molar-refractivity contribution in [2.24, 2.45) is 0 Å². The smallest absolute Gasteiger partial charge is 0.319 e. The van der Waals surface area contributed by atoms with Gasteiger partial charge in [0.25, 0.3) is 0 Å². The predicted octanol–water partition coefficient (Wildman–Crippen LogP) is 7.49. The number of fused-ring (bicyclic) bond motifs is 1. The molecule has 0 bridgehead atoms. The highest BCUT2D eigenvalue weighted by atomic mass is 35.5. The van der Waals surface area contributed by atoms with E-state index in [9.17, 15) is 4.39 Å². The van der Waals surface area contributed by atoms with E-state index in [0.29, 0.717) is 37.4 Å². The molecule has 8 rings (SSSR count). The van der Waals surface area contributed by atoms with Gasteiger partial charge in [-0.1, -0.05) is 35.9 Å². The number of halogens is 4. The Morgan fingerprint density at radius 3 is 2.35 bits per heavy atom. The van der Waals surface area contributed by atoms with Gasteiger partial charge in [0.15, 0.2) is 11.0 Å². The zero-order valence-corrected chi connectivity index (χ0v) is 31.5. The lowest BCUT2D eigenvalue weighted by molar-refractivity contribution is 0.107. The Morgan fingerprint density at radius 1 is 0.982 bits per heavy atom. The van der Waals surface area contributed by atoms with E-state index in [0.717, 1.165) is 42.0 Å². The Hall–Kier alpha value is -5.08. The number of alkyl halides is 1. The van der Waals surface area contributed by atoms with Crippen LogP contribution in [0.15, 0.2) is 60.8 Å². The van der Waals surface area contributed by atoms with Crippen molar-refractivity contribution in [2.75, 3.05) is 56.9 Å². The van der Waals surface area contributed by atoms with Crippen molar-refractivity contribution in [3.05, 3.63) is 94.3 Å². The quantitative estimate of drug-likeness (QED) is 0.118. The fourth-order valence-electron chi connectivity index (χ4n) is 8.12. The van der Waals surface area contributed by atoms with E-state index in [4.69, 9.17) is 35.5 Å². The van der Waals surface area contributed by atoms with Crippen LogP contribution in [0.2, 0.25) is 5.15 Å². The van der Waals surface area contributed by atoms with E-state index in [-0.39, 0.29) is 48.4 Å². The molecule has 288 valence electrons. The molecule has 2 fully saturated rings. The van der Waals surface area contributed by atoms with Crippen LogP contribution < -0.4 is 28.7 Å². The van der Waals surface area contributed by atoms with Gasteiger partial charge in [0, 0.05) is 31.6 Å². The van der Waals surface area contributed by atoms with Crippen LogP contribution in [-0.4, -0.2) is 83.6 Å². The van der Waals surface area contributed by atoms with Crippen LogP contribution in [0.3, 0.4) is 0 Å². The second-order valence-electron chi connectivity index (χ2n) is 14.3. The lowest BCUT2D eigenvalue weighted by Gasteiger charge is -2.34. The van der Waals surface area contributed by atoms with Gasteiger partial charge in [-0.25, -0.2) is 18.2 Å². The first-order chi connectivity index (χ1) is 26.6. The van der Waals surface area contributed by atoms with Gasteiger partial charge in [0.2, 0.25) is 5.88 Å². The average Bonchev–Trinajstić information content (AvgIpc) is 3.66. The summed E-state index contributed by atoms with van der Waals surface area (Å²) in [4.78, 5) is 24.3. The van der Waals surface area contributed by atoms with E-state index in [2.05, 4.69) is 24.8 Å². The Kier molecular flexibility index (Phi) is 10.2. The van der Waals surface area contributed by atoms with Crippen LogP contribution in [-0.2, 0) is 13.1 Å². The fraction of sp³-hybridized carbons (Fsp3) is 0.400. The second-order valence-corrected chi connectivity index (χ2v) is 14.6. The molecular weight excluding hydrogens is 735 g/mol. The molecule has 2 saturated heterocycles. The Bertz CT molecular complexity index is 2130. The van der Waals surface area contributed by atoms with Gasteiger partial charge in [0.05, 0.1) is 38.5 Å². The van der Waals surface area contributed by atoms with Gasteiger partial charge in [-0.3, -0.25) is 4.90 Å². The minimum absolute atomic E-state index is 0.0764. The lowest BCUT2D eigenvalue weighted by Crippen LogP contribution is -2.43. The van der Waals surface area contributed by atoms with Gasteiger partial charge in [-0.05, 0) is 67.8 Å². The van der Waals surface area contributed by atoms with Crippen LogP contribution in [0.25, 0.3) is 10.9 Å². The first kappa shape index (κ1) is 36.9. The summed E-state index contributed by atoms with van der Waals surface area (Å²) in [6.07, 6.45) is 2.30. The van der Waals surface area contributed by atoms with Gasteiger partial charge in [0.1, 0.15) is 59.2 Å². The molecule has 55 heavy (non-hydrogen) atoms. The van der Waals surface area contributed by atoms with Gasteiger partial charge in [-0.15, -0.1) is 0 Å². The molecule has 1 unspecified atom stereocenters. The SMILES string of the molecule is COc1ccc(CN(Cc2ccc(OC)cc2)c2ncc(F)cc2C(C)N2CCOc3nc(Cl)c(F)c4nc(OC[C@@]56CCCN5C[C@H](F)C6)nc2c34)cc1. The zero-order valence-electron chi connectivity index (χ0n) is 30.8.